The summed E-state index contributed by atoms with van der Waals surface area (Å²) in [4.78, 5) is 11.1. The molecule has 0 atom stereocenters. The topological polar surface area (TPSA) is 46.5 Å². The maximum Gasteiger partial charge on any atom is 0.339 e. The lowest BCUT2D eigenvalue weighted by atomic mass is 10.1. The van der Waals surface area contributed by atoms with E-state index in [-0.39, 0.29) is 5.56 Å². The van der Waals surface area contributed by atoms with Crippen molar-refractivity contribution < 1.29 is 14.6 Å². The summed E-state index contributed by atoms with van der Waals surface area (Å²) in [6.07, 6.45) is 0. The smallest absolute Gasteiger partial charge is 0.339 e. The third-order valence-electron chi connectivity index (χ3n) is 2.38. The molecule has 0 aliphatic heterocycles. The molecule has 94 valence electrons. The number of hydrogen-bond acceptors (Lipinski definition) is 3. The van der Waals surface area contributed by atoms with Gasteiger partial charge < -0.3 is 9.84 Å². The van der Waals surface area contributed by atoms with Crippen LogP contribution in [0.4, 0.5) is 0 Å². The van der Waals surface area contributed by atoms with E-state index in [2.05, 4.69) is 15.9 Å². The molecule has 0 radical (unpaired) electrons. The number of carboxylic acids is 1. The summed E-state index contributed by atoms with van der Waals surface area (Å²) in [5.74, 6) is -0.568. The summed E-state index contributed by atoms with van der Waals surface area (Å²) in [5, 5.41) is 11.0. The maximum absolute atomic E-state index is 11.1. The Labute approximate surface area is 117 Å². The predicted octanol–water partition coefficient (Wildman–Crippen LogP) is 4.10. The van der Waals surface area contributed by atoms with Gasteiger partial charge in [0.2, 0.25) is 0 Å². The number of thiophene rings is 1. The lowest BCUT2D eigenvalue weighted by Crippen LogP contribution is -2.03. The van der Waals surface area contributed by atoms with Gasteiger partial charge >= 0.3 is 5.97 Å². The standard InChI is InChI=1S/C13H11BrO3S/c1-8-2-3-10(13(15)16)11(4-8)17-6-9-5-12(14)18-7-9/h2-5,7H,6H2,1H3,(H,15,16). The summed E-state index contributed by atoms with van der Waals surface area (Å²) in [6, 6.07) is 7.03. The van der Waals surface area contributed by atoms with Crippen molar-refractivity contribution in [3.8, 4) is 5.75 Å². The molecule has 2 rings (SSSR count). The molecule has 1 aromatic heterocycles. The molecule has 0 fully saturated rings. The van der Waals surface area contributed by atoms with Gasteiger partial charge in [0.05, 0.1) is 3.79 Å². The molecular weight excluding hydrogens is 316 g/mol. The molecule has 0 aliphatic carbocycles. The van der Waals surface area contributed by atoms with E-state index in [4.69, 9.17) is 9.84 Å². The summed E-state index contributed by atoms with van der Waals surface area (Å²) >= 11 is 4.95. The van der Waals surface area contributed by atoms with E-state index in [1.54, 1.807) is 29.5 Å². The zero-order valence-corrected chi connectivity index (χ0v) is 12.0. The minimum absolute atomic E-state index is 0.190. The second-order valence-corrected chi connectivity index (χ2v) is 6.14. The monoisotopic (exact) mass is 326 g/mol. The van der Waals surface area contributed by atoms with Gasteiger partial charge in [0.15, 0.2) is 0 Å². The molecule has 3 nitrogen and oxygen atoms in total. The number of halogens is 1. The number of rotatable bonds is 4. The first-order valence-corrected chi connectivity index (χ1v) is 6.93. The van der Waals surface area contributed by atoms with Gasteiger partial charge in [-0.3, -0.25) is 0 Å². The van der Waals surface area contributed by atoms with Gasteiger partial charge in [-0.1, -0.05) is 6.07 Å². The number of ether oxygens (including phenoxy) is 1. The Bertz CT molecular complexity index is 577. The number of aryl methyl sites for hydroxylation is 1. The van der Waals surface area contributed by atoms with Crippen LogP contribution < -0.4 is 4.74 Å². The van der Waals surface area contributed by atoms with Crippen LogP contribution in [0.5, 0.6) is 5.75 Å². The molecular formula is C13H11BrO3S. The number of aromatic carboxylic acids is 1. The molecule has 18 heavy (non-hydrogen) atoms. The van der Waals surface area contributed by atoms with Crippen LogP contribution >= 0.6 is 27.3 Å². The van der Waals surface area contributed by atoms with E-state index in [0.29, 0.717) is 12.4 Å². The lowest BCUT2D eigenvalue weighted by molar-refractivity contribution is 0.0692. The van der Waals surface area contributed by atoms with Crippen LogP contribution in [-0.4, -0.2) is 11.1 Å². The minimum atomic E-state index is -0.975. The Morgan fingerprint density at radius 1 is 1.44 bits per heavy atom. The third kappa shape index (κ3) is 3.11. The molecule has 2 aromatic rings. The molecule has 0 saturated heterocycles. The van der Waals surface area contributed by atoms with Crippen molar-refractivity contribution >= 4 is 33.2 Å². The normalized spacial score (nSPS) is 10.3. The van der Waals surface area contributed by atoms with Gasteiger partial charge in [-0.15, -0.1) is 11.3 Å². The average Bonchev–Trinajstić information content (AvgIpc) is 2.72. The van der Waals surface area contributed by atoms with Gasteiger partial charge in [0.1, 0.15) is 17.9 Å². The van der Waals surface area contributed by atoms with Crippen LogP contribution in [0.3, 0.4) is 0 Å². The molecule has 0 bridgehead atoms. The van der Waals surface area contributed by atoms with E-state index in [1.807, 2.05) is 18.4 Å². The van der Waals surface area contributed by atoms with E-state index >= 15 is 0 Å². The van der Waals surface area contributed by atoms with Crippen molar-refractivity contribution in [2.45, 2.75) is 13.5 Å². The van der Waals surface area contributed by atoms with Gasteiger partial charge in [-0.25, -0.2) is 4.79 Å². The van der Waals surface area contributed by atoms with Gasteiger partial charge in [-0.2, -0.15) is 0 Å². The van der Waals surface area contributed by atoms with E-state index in [9.17, 15) is 4.79 Å². The summed E-state index contributed by atoms with van der Waals surface area (Å²) in [6.45, 7) is 2.27. The van der Waals surface area contributed by atoms with E-state index in [0.717, 1.165) is 14.9 Å². The first-order chi connectivity index (χ1) is 8.56. The quantitative estimate of drug-likeness (QED) is 0.920. The van der Waals surface area contributed by atoms with Crippen LogP contribution in [0.2, 0.25) is 0 Å². The zero-order chi connectivity index (χ0) is 13.1. The van der Waals surface area contributed by atoms with Crippen LogP contribution in [0.15, 0.2) is 33.4 Å². The fourth-order valence-electron chi connectivity index (χ4n) is 1.51. The van der Waals surface area contributed by atoms with Crippen molar-refractivity contribution in [1.82, 2.24) is 0 Å². The SMILES string of the molecule is Cc1ccc(C(=O)O)c(OCc2csc(Br)c2)c1. The molecule has 0 spiro atoms. The van der Waals surface area contributed by atoms with Crippen molar-refractivity contribution in [2.75, 3.05) is 0 Å². The Morgan fingerprint density at radius 2 is 2.22 bits per heavy atom. The Morgan fingerprint density at radius 3 is 2.83 bits per heavy atom. The highest BCUT2D eigenvalue weighted by Crippen LogP contribution is 2.24. The molecule has 0 unspecified atom stereocenters. The first-order valence-electron chi connectivity index (χ1n) is 5.26. The molecule has 1 heterocycles. The highest BCUT2D eigenvalue weighted by Gasteiger charge is 2.11. The second kappa shape index (κ2) is 5.54. The highest BCUT2D eigenvalue weighted by atomic mass is 79.9. The number of benzene rings is 1. The zero-order valence-electron chi connectivity index (χ0n) is 9.64. The number of carbonyl (C=O) groups is 1. The lowest BCUT2D eigenvalue weighted by Gasteiger charge is -2.09. The van der Waals surface area contributed by atoms with Crippen molar-refractivity contribution in [1.29, 1.82) is 0 Å². The van der Waals surface area contributed by atoms with Gasteiger partial charge in [0, 0.05) is 5.56 Å². The van der Waals surface area contributed by atoms with Crippen LogP contribution in [-0.2, 0) is 6.61 Å². The molecule has 0 saturated carbocycles. The third-order valence-corrected chi connectivity index (χ3v) is 3.94. The highest BCUT2D eigenvalue weighted by molar-refractivity contribution is 9.11. The molecule has 0 aliphatic rings. The minimum Gasteiger partial charge on any atom is -0.488 e. The summed E-state index contributed by atoms with van der Waals surface area (Å²) in [5.41, 5.74) is 2.18. The van der Waals surface area contributed by atoms with Gasteiger partial charge in [0.25, 0.3) is 0 Å². The van der Waals surface area contributed by atoms with Crippen LogP contribution in [0, 0.1) is 6.92 Å². The van der Waals surface area contributed by atoms with Crippen molar-refractivity contribution in [3.05, 3.63) is 50.1 Å². The summed E-state index contributed by atoms with van der Waals surface area (Å²) < 4.78 is 6.61. The van der Waals surface area contributed by atoms with Crippen molar-refractivity contribution in [3.63, 3.8) is 0 Å². The molecule has 5 heteroatoms. The maximum atomic E-state index is 11.1. The first kappa shape index (κ1) is 13.1. The summed E-state index contributed by atoms with van der Waals surface area (Å²) in [7, 11) is 0. The predicted molar refractivity (Wildman–Crippen MR) is 74.5 cm³/mol. The second-order valence-electron chi connectivity index (χ2n) is 3.85. The van der Waals surface area contributed by atoms with Crippen LogP contribution in [0.1, 0.15) is 21.5 Å². The van der Waals surface area contributed by atoms with E-state index in [1.165, 1.54) is 0 Å². The van der Waals surface area contributed by atoms with Gasteiger partial charge in [-0.05, 0) is 52.0 Å². The molecule has 1 aromatic carbocycles. The fourth-order valence-corrected chi connectivity index (χ4v) is 2.70. The van der Waals surface area contributed by atoms with Crippen LogP contribution in [0.25, 0.3) is 0 Å². The van der Waals surface area contributed by atoms with E-state index < -0.39 is 5.97 Å². The molecule has 1 N–H and O–H groups in total. The average molecular weight is 327 g/mol. The number of hydrogen-bond donors (Lipinski definition) is 1. The Kier molecular flexibility index (Phi) is 4.04. The largest absolute Gasteiger partial charge is 0.488 e. The fraction of sp³-hybridized carbons (Fsp3) is 0.154. The molecule has 0 amide bonds. The van der Waals surface area contributed by atoms with Crippen molar-refractivity contribution in [2.24, 2.45) is 0 Å². The Balaban J connectivity index is 2.17. The number of carboxylic acid groups (broad SMARTS) is 1. The Hall–Kier alpha value is -1.33.